The lowest BCUT2D eigenvalue weighted by atomic mass is 9.99. The van der Waals surface area contributed by atoms with Crippen molar-refractivity contribution in [2.24, 2.45) is 7.05 Å². The summed E-state index contributed by atoms with van der Waals surface area (Å²) in [5.41, 5.74) is 4.07. The average Bonchev–Trinajstić information content (AvgIpc) is 2.75. The largest absolute Gasteiger partial charge is 0.351 e. The minimum Gasteiger partial charge on any atom is -0.351 e. The van der Waals surface area contributed by atoms with Crippen molar-refractivity contribution in [3.05, 3.63) is 65.0 Å². The predicted octanol–water partition coefficient (Wildman–Crippen LogP) is 3.63. The second-order valence-corrected chi connectivity index (χ2v) is 5.05. The Morgan fingerprint density at radius 3 is 2.74 bits per heavy atom. The summed E-state index contributed by atoms with van der Waals surface area (Å²) >= 11 is 0. The van der Waals surface area contributed by atoms with E-state index < -0.39 is 0 Å². The number of benzene rings is 1. The second kappa shape index (κ2) is 4.88. The number of allylic oxidation sites excluding steroid dienone is 1. The summed E-state index contributed by atoms with van der Waals surface area (Å²) < 4.78 is 2.04. The molecular formula is C17H17NO. The molecule has 2 aromatic rings. The van der Waals surface area contributed by atoms with E-state index in [0.29, 0.717) is 0 Å². The molecule has 1 aromatic heterocycles. The predicted molar refractivity (Wildman–Crippen MR) is 77.1 cm³/mol. The van der Waals surface area contributed by atoms with Gasteiger partial charge in [-0.25, -0.2) is 0 Å². The topological polar surface area (TPSA) is 22.0 Å². The van der Waals surface area contributed by atoms with E-state index in [9.17, 15) is 4.79 Å². The van der Waals surface area contributed by atoms with Gasteiger partial charge in [-0.3, -0.25) is 4.79 Å². The molecule has 0 fully saturated rings. The lowest BCUT2D eigenvalue weighted by molar-refractivity contribution is 0.103. The molecule has 2 nitrogen and oxygen atoms in total. The fraction of sp³-hybridized carbons (Fsp3) is 0.235. The Labute approximate surface area is 113 Å². The van der Waals surface area contributed by atoms with Gasteiger partial charge in [0.2, 0.25) is 0 Å². The first-order valence-corrected chi connectivity index (χ1v) is 6.70. The molecular weight excluding hydrogens is 234 g/mol. The number of Topliss-reactive ketones (excluding diaryl/α,β-unsaturated/α-hetero) is 1. The van der Waals surface area contributed by atoms with Gasteiger partial charge in [-0.05, 0) is 43.0 Å². The van der Waals surface area contributed by atoms with Crippen molar-refractivity contribution in [2.45, 2.75) is 19.3 Å². The van der Waals surface area contributed by atoms with Crippen molar-refractivity contribution < 1.29 is 4.79 Å². The van der Waals surface area contributed by atoms with E-state index in [0.717, 1.165) is 36.1 Å². The van der Waals surface area contributed by atoms with E-state index >= 15 is 0 Å². The highest BCUT2D eigenvalue weighted by Crippen LogP contribution is 2.25. The van der Waals surface area contributed by atoms with E-state index in [1.807, 2.05) is 54.2 Å². The Balaban J connectivity index is 2.03. The van der Waals surface area contributed by atoms with Crippen LogP contribution in [-0.4, -0.2) is 10.4 Å². The molecule has 1 aliphatic carbocycles. The number of ketones is 1. The van der Waals surface area contributed by atoms with Crippen LogP contribution in [0.5, 0.6) is 0 Å². The van der Waals surface area contributed by atoms with E-state index in [1.165, 1.54) is 5.56 Å². The molecule has 0 saturated heterocycles. The van der Waals surface area contributed by atoms with Crippen molar-refractivity contribution in [1.29, 1.82) is 0 Å². The van der Waals surface area contributed by atoms with Crippen LogP contribution in [0.3, 0.4) is 0 Å². The Kier molecular flexibility index (Phi) is 3.08. The van der Waals surface area contributed by atoms with Crippen LogP contribution < -0.4 is 0 Å². The fourth-order valence-electron chi connectivity index (χ4n) is 2.66. The molecule has 0 atom stereocenters. The number of aryl methyl sites for hydroxylation is 2. The van der Waals surface area contributed by atoms with E-state index in [-0.39, 0.29) is 5.78 Å². The van der Waals surface area contributed by atoms with Gasteiger partial charge in [-0.15, -0.1) is 0 Å². The van der Waals surface area contributed by atoms with Crippen molar-refractivity contribution in [2.75, 3.05) is 0 Å². The molecule has 0 unspecified atom stereocenters. The van der Waals surface area contributed by atoms with Gasteiger partial charge in [0.15, 0.2) is 5.78 Å². The van der Waals surface area contributed by atoms with Gasteiger partial charge in [0.25, 0.3) is 0 Å². The van der Waals surface area contributed by atoms with Gasteiger partial charge in [-0.2, -0.15) is 0 Å². The standard InChI is InChI=1S/C17H17NO/c1-18-11-5-9-15(18)12-14-8-4-7-13-6-2-3-10-16(13)17(14)19/h2-3,5-6,9-12H,4,7-8H2,1H3/b14-12+. The van der Waals surface area contributed by atoms with Crippen LogP contribution in [0, 0.1) is 0 Å². The number of nitrogens with zero attached hydrogens (tertiary/aromatic N) is 1. The van der Waals surface area contributed by atoms with E-state index in [4.69, 9.17) is 0 Å². The second-order valence-electron chi connectivity index (χ2n) is 5.05. The highest BCUT2D eigenvalue weighted by molar-refractivity contribution is 6.12. The number of carbonyl (C=O) groups is 1. The maximum Gasteiger partial charge on any atom is 0.189 e. The summed E-state index contributed by atoms with van der Waals surface area (Å²) in [6.07, 6.45) is 6.93. The zero-order chi connectivity index (χ0) is 13.2. The molecule has 3 rings (SSSR count). The third-order valence-corrected chi connectivity index (χ3v) is 3.75. The summed E-state index contributed by atoms with van der Waals surface area (Å²) in [6, 6.07) is 12.0. The molecule has 0 spiro atoms. The molecule has 1 heterocycles. The van der Waals surface area contributed by atoms with Crippen molar-refractivity contribution >= 4 is 11.9 Å². The minimum absolute atomic E-state index is 0.189. The van der Waals surface area contributed by atoms with Crippen molar-refractivity contribution in [1.82, 2.24) is 4.57 Å². The molecule has 19 heavy (non-hydrogen) atoms. The lowest BCUT2D eigenvalue weighted by Crippen LogP contribution is -2.03. The van der Waals surface area contributed by atoms with E-state index in [2.05, 4.69) is 6.07 Å². The highest BCUT2D eigenvalue weighted by atomic mass is 16.1. The first kappa shape index (κ1) is 12.0. The Bertz CT molecular complexity index is 649. The number of hydrogen-bond donors (Lipinski definition) is 0. The maximum atomic E-state index is 12.6. The molecule has 1 aromatic carbocycles. The zero-order valence-electron chi connectivity index (χ0n) is 11.1. The SMILES string of the molecule is Cn1cccc1/C=C1\CCCc2ccccc2C1=O. The number of fused-ring (bicyclic) bond motifs is 1. The molecule has 2 heteroatoms. The van der Waals surface area contributed by atoms with Crippen molar-refractivity contribution in [3.8, 4) is 0 Å². The van der Waals surface area contributed by atoms with Crippen LogP contribution in [0.2, 0.25) is 0 Å². The first-order valence-electron chi connectivity index (χ1n) is 6.70. The van der Waals surface area contributed by atoms with Gasteiger partial charge in [0.1, 0.15) is 0 Å². The summed E-state index contributed by atoms with van der Waals surface area (Å²) in [5.74, 6) is 0.189. The number of carbonyl (C=O) groups excluding carboxylic acids is 1. The van der Waals surface area contributed by atoms with Gasteiger partial charge < -0.3 is 4.57 Å². The van der Waals surface area contributed by atoms with Gasteiger partial charge in [0.05, 0.1) is 0 Å². The third-order valence-electron chi connectivity index (χ3n) is 3.75. The number of rotatable bonds is 1. The van der Waals surface area contributed by atoms with Crippen LogP contribution in [0.1, 0.15) is 34.5 Å². The van der Waals surface area contributed by atoms with Crippen LogP contribution >= 0.6 is 0 Å². The van der Waals surface area contributed by atoms with Crippen LogP contribution in [0.15, 0.2) is 48.2 Å². The highest BCUT2D eigenvalue weighted by Gasteiger charge is 2.19. The number of aromatic nitrogens is 1. The number of hydrogen-bond acceptors (Lipinski definition) is 1. The van der Waals surface area contributed by atoms with Gasteiger partial charge in [-0.1, -0.05) is 24.3 Å². The van der Waals surface area contributed by atoms with Crippen molar-refractivity contribution in [3.63, 3.8) is 0 Å². The fourth-order valence-corrected chi connectivity index (χ4v) is 2.66. The summed E-state index contributed by atoms with van der Waals surface area (Å²) in [4.78, 5) is 12.6. The monoisotopic (exact) mass is 251 g/mol. The maximum absolute atomic E-state index is 12.6. The Morgan fingerprint density at radius 1 is 1.11 bits per heavy atom. The molecule has 0 bridgehead atoms. The minimum atomic E-state index is 0.189. The summed E-state index contributed by atoms with van der Waals surface area (Å²) in [5, 5.41) is 0. The first-order chi connectivity index (χ1) is 9.25. The molecule has 0 N–H and O–H groups in total. The smallest absolute Gasteiger partial charge is 0.189 e. The molecule has 0 aliphatic heterocycles. The quantitative estimate of drug-likeness (QED) is 0.560. The summed E-state index contributed by atoms with van der Waals surface area (Å²) in [6.45, 7) is 0. The van der Waals surface area contributed by atoms with Crippen LogP contribution in [0.4, 0.5) is 0 Å². The van der Waals surface area contributed by atoms with Crippen LogP contribution in [0.25, 0.3) is 6.08 Å². The van der Waals surface area contributed by atoms with Gasteiger partial charge >= 0.3 is 0 Å². The van der Waals surface area contributed by atoms with Gasteiger partial charge in [0, 0.05) is 30.1 Å². The normalized spacial score (nSPS) is 17.3. The molecule has 0 saturated carbocycles. The van der Waals surface area contributed by atoms with Crippen LogP contribution in [-0.2, 0) is 13.5 Å². The molecule has 0 amide bonds. The third kappa shape index (κ3) is 2.26. The average molecular weight is 251 g/mol. The zero-order valence-corrected chi connectivity index (χ0v) is 11.1. The van der Waals surface area contributed by atoms with E-state index in [1.54, 1.807) is 0 Å². The Morgan fingerprint density at radius 2 is 1.95 bits per heavy atom. The molecule has 0 radical (unpaired) electrons. The summed E-state index contributed by atoms with van der Waals surface area (Å²) in [7, 11) is 2.00. The lowest BCUT2D eigenvalue weighted by Gasteiger charge is -2.05. The molecule has 1 aliphatic rings. The Hall–Kier alpha value is -2.09. The molecule has 96 valence electrons.